The van der Waals surface area contributed by atoms with Crippen molar-refractivity contribution in [3.8, 4) is 0 Å². The van der Waals surface area contributed by atoms with E-state index in [1.807, 2.05) is 26.0 Å². The first-order valence-electron chi connectivity index (χ1n) is 5.87. The number of benzene rings is 1. The van der Waals surface area contributed by atoms with Crippen LogP contribution in [-0.4, -0.2) is 12.2 Å². The molecule has 102 valence electrons. The molecule has 0 heterocycles. The van der Waals surface area contributed by atoms with Gasteiger partial charge in [-0.2, -0.15) is 13.2 Å². The largest absolute Gasteiger partial charge is 0.389 e. The van der Waals surface area contributed by atoms with E-state index in [1.165, 1.54) is 0 Å². The molecule has 0 aromatic heterocycles. The summed E-state index contributed by atoms with van der Waals surface area (Å²) in [5.41, 5.74) is 1.91. The Morgan fingerprint density at radius 3 is 2.56 bits per heavy atom. The average Bonchev–Trinajstić information content (AvgIpc) is 2.20. The highest BCUT2D eigenvalue weighted by Gasteiger charge is 2.26. The van der Waals surface area contributed by atoms with E-state index in [0.29, 0.717) is 11.4 Å². The van der Waals surface area contributed by atoms with Crippen LogP contribution in [0.15, 0.2) is 18.2 Å². The van der Waals surface area contributed by atoms with Gasteiger partial charge in [0.1, 0.15) is 0 Å². The second kappa shape index (κ2) is 6.32. The third-order valence-electron chi connectivity index (χ3n) is 2.69. The first-order chi connectivity index (χ1) is 8.28. The summed E-state index contributed by atoms with van der Waals surface area (Å²) in [5, 5.41) is 3.85. The molecule has 0 saturated heterocycles. The Morgan fingerprint density at radius 1 is 1.33 bits per heavy atom. The number of anilines is 1. The maximum Gasteiger partial charge on any atom is 0.389 e. The molecule has 0 aliphatic heterocycles. The number of aryl methyl sites for hydroxylation is 1. The van der Waals surface area contributed by atoms with E-state index in [2.05, 4.69) is 5.32 Å². The van der Waals surface area contributed by atoms with Crippen LogP contribution in [0, 0.1) is 6.92 Å². The fraction of sp³-hybridized carbons (Fsp3) is 0.538. The van der Waals surface area contributed by atoms with Gasteiger partial charge in [-0.05, 0) is 50.5 Å². The average molecular weight is 280 g/mol. The maximum absolute atomic E-state index is 12.0. The fourth-order valence-corrected chi connectivity index (χ4v) is 1.96. The van der Waals surface area contributed by atoms with Gasteiger partial charge in [0, 0.05) is 23.2 Å². The molecule has 1 N–H and O–H groups in total. The maximum atomic E-state index is 12.0. The molecule has 1 atom stereocenters. The van der Waals surface area contributed by atoms with Crippen molar-refractivity contribution in [1.82, 2.24) is 0 Å². The zero-order valence-corrected chi connectivity index (χ0v) is 11.2. The molecule has 0 radical (unpaired) electrons. The van der Waals surface area contributed by atoms with Crippen LogP contribution in [0.5, 0.6) is 0 Å². The lowest BCUT2D eigenvalue weighted by molar-refractivity contribution is -0.135. The zero-order chi connectivity index (χ0) is 13.8. The number of hydrogen-bond acceptors (Lipinski definition) is 1. The van der Waals surface area contributed by atoms with Gasteiger partial charge in [0.05, 0.1) is 0 Å². The lowest BCUT2D eigenvalue weighted by Crippen LogP contribution is -2.17. The van der Waals surface area contributed by atoms with E-state index >= 15 is 0 Å². The molecule has 0 amide bonds. The van der Waals surface area contributed by atoms with Crippen LogP contribution in [0.4, 0.5) is 18.9 Å². The Labute approximate surface area is 110 Å². The minimum atomic E-state index is -4.06. The molecular weight excluding hydrogens is 263 g/mol. The molecule has 0 saturated carbocycles. The van der Waals surface area contributed by atoms with Crippen molar-refractivity contribution < 1.29 is 13.2 Å². The van der Waals surface area contributed by atoms with Crippen molar-refractivity contribution >= 4 is 17.3 Å². The molecule has 1 unspecified atom stereocenters. The number of hydrogen-bond donors (Lipinski definition) is 1. The quantitative estimate of drug-likeness (QED) is 0.783. The molecule has 0 aliphatic carbocycles. The molecular formula is C13H17ClF3N. The lowest BCUT2D eigenvalue weighted by Gasteiger charge is -2.17. The number of nitrogens with one attached hydrogen (secondary N) is 1. The van der Waals surface area contributed by atoms with Crippen molar-refractivity contribution in [2.24, 2.45) is 0 Å². The molecule has 0 spiro atoms. The van der Waals surface area contributed by atoms with Crippen LogP contribution in [0.3, 0.4) is 0 Å². The summed E-state index contributed by atoms with van der Waals surface area (Å²) in [6.45, 7) is 3.79. The Balaban J connectivity index is 2.42. The molecule has 1 rings (SSSR count). The van der Waals surface area contributed by atoms with Crippen LogP contribution >= 0.6 is 11.6 Å². The number of rotatable bonds is 5. The number of halogens is 4. The summed E-state index contributed by atoms with van der Waals surface area (Å²) in [4.78, 5) is 0. The van der Waals surface area contributed by atoms with Gasteiger partial charge in [-0.3, -0.25) is 0 Å². The third kappa shape index (κ3) is 5.63. The second-order valence-electron chi connectivity index (χ2n) is 4.51. The van der Waals surface area contributed by atoms with Crippen LogP contribution in [0.1, 0.15) is 31.7 Å². The predicted molar refractivity (Wildman–Crippen MR) is 69.2 cm³/mol. The molecule has 18 heavy (non-hydrogen) atoms. The van der Waals surface area contributed by atoms with E-state index in [9.17, 15) is 13.2 Å². The normalized spacial score (nSPS) is 13.4. The second-order valence-corrected chi connectivity index (χ2v) is 4.95. The summed E-state index contributed by atoms with van der Waals surface area (Å²) in [6.07, 6.45) is -4.15. The SMILES string of the molecule is Cc1cc(Cl)ccc1NC(C)CCCC(F)(F)F. The summed E-state index contributed by atoms with van der Waals surface area (Å²) in [7, 11) is 0. The van der Waals surface area contributed by atoms with Crippen molar-refractivity contribution in [1.29, 1.82) is 0 Å². The van der Waals surface area contributed by atoms with Gasteiger partial charge in [0.2, 0.25) is 0 Å². The summed E-state index contributed by atoms with van der Waals surface area (Å²) >= 11 is 5.83. The van der Waals surface area contributed by atoms with E-state index in [4.69, 9.17) is 11.6 Å². The van der Waals surface area contributed by atoms with Crippen molar-refractivity contribution in [3.05, 3.63) is 28.8 Å². The Kier molecular flexibility index (Phi) is 5.32. The van der Waals surface area contributed by atoms with Gasteiger partial charge in [-0.15, -0.1) is 0 Å². The molecule has 1 aromatic rings. The van der Waals surface area contributed by atoms with E-state index in [-0.39, 0.29) is 12.5 Å². The first-order valence-corrected chi connectivity index (χ1v) is 6.25. The summed E-state index contributed by atoms with van der Waals surface area (Å²) < 4.78 is 36.0. The lowest BCUT2D eigenvalue weighted by atomic mass is 10.1. The minimum absolute atomic E-state index is 0.00669. The summed E-state index contributed by atoms with van der Waals surface area (Å²) in [5.74, 6) is 0. The third-order valence-corrected chi connectivity index (χ3v) is 2.92. The van der Waals surface area contributed by atoms with E-state index in [0.717, 1.165) is 11.3 Å². The molecule has 0 aliphatic rings. The molecule has 0 fully saturated rings. The zero-order valence-electron chi connectivity index (χ0n) is 10.4. The van der Waals surface area contributed by atoms with Gasteiger partial charge in [0.25, 0.3) is 0 Å². The molecule has 1 aromatic carbocycles. The van der Waals surface area contributed by atoms with Crippen molar-refractivity contribution in [2.75, 3.05) is 5.32 Å². The van der Waals surface area contributed by atoms with Crippen molar-refractivity contribution in [2.45, 2.75) is 45.3 Å². The summed E-state index contributed by atoms with van der Waals surface area (Å²) in [6, 6.07) is 5.44. The first kappa shape index (κ1) is 15.2. The van der Waals surface area contributed by atoms with Crippen LogP contribution in [0.25, 0.3) is 0 Å². The van der Waals surface area contributed by atoms with Gasteiger partial charge in [-0.1, -0.05) is 11.6 Å². The Hall–Kier alpha value is -0.900. The topological polar surface area (TPSA) is 12.0 Å². The highest BCUT2D eigenvalue weighted by molar-refractivity contribution is 6.30. The smallest absolute Gasteiger partial charge is 0.382 e. The highest BCUT2D eigenvalue weighted by atomic mass is 35.5. The highest BCUT2D eigenvalue weighted by Crippen LogP contribution is 2.24. The van der Waals surface area contributed by atoms with Crippen LogP contribution < -0.4 is 5.32 Å². The molecule has 1 nitrogen and oxygen atoms in total. The Bertz CT molecular complexity index is 390. The van der Waals surface area contributed by atoms with Gasteiger partial charge in [0.15, 0.2) is 0 Å². The molecule has 0 bridgehead atoms. The van der Waals surface area contributed by atoms with Crippen molar-refractivity contribution in [3.63, 3.8) is 0 Å². The molecule has 5 heteroatoms. The van der Waals surface area contributed by atoms with Gasteiger partial charge in [-0.25, -0.2) is 0 Å². The fourth-order valence-electron chi connectivity index (χ4n) is 1.74. The minimum Gasteiger partial charge on any atom is -0.382 e. The van der Waals surface area contributed by atoms with Crippen LogP contribution in [0.2, 0.25) is 5.02 Å². The van der Waals surface area contributed by atoms with Gasteiger partial charge < -0.3 is 5.32 Å². The van der Waals surface area contributed by atoms with E-state index < -0.39 is 12.6 Å². The Morgan fingerprint density at radius 2 is 2.00 bits per heavy atom. The van der Waals surface area contributed by atoms with Crippen LogP contribution in [-0.2, 0) is 0 Å². The predicted octanol–water partition coefficient (Wildman–Crippen LogP) is 5.18. The van der Waals surface area contributed by atoms with Gasteiger partial charge >= 0.3 is 6.18 Å². The monoisotopic (exact) mass is 279 g/mol. The van der Waals surface area contributed by atoms with E-state index in [1.54, 1.807) is 6.07 Å². The number of alkyl halides is 3. The standard InChI is InChI=1S/C13H17ClF3N/c1-9-8-11(14)5-6-12(9)18-10(2)4-3-7-13(15,16)17/h5-6,8,10,18H,3-4,7H2,1-2H3.